The second-order valence-electron chi connectivity index (χ2n) is 9.22. The molecule has 0 spiro atoms. The summed E-state index contributed by atoms with van der Waals surface area (Å²) in [5, 5.41) is 11.8. The van der Waals surface area contributed by atoms with Gasteiger partial charge in [-0.1, -0.05) is 48.5 Å². The Kier molecular flexibility index (Phi) is 7.70. The Morgan fingerprint density at radius 3 is 2.29 bits per heavy atom. The van der Waals surface area contributed by atoms with E-state index >= 15 is 0 Å². The van der Waals surface area contributed by atoms with E-state index < -0.39 is 30.4 Å². The number of hydrogen-bond acceptors (Lipinski definition) is 5. The van der Waals surface area contributed by atoms with Crippen LogP contribution >= 0.6 is 0 Å². The minimum Gasteiger partial charge on any atom is -0.481 e. The number of rotatable bonds is 8. The average Bonchev–Trinajstić information content (AvgIpc) is 3.19. The molecule has 1 fully saturated rings. The highest BCUT2D eigenvalue weighted by molar-refractivity contribution is 5.89. The third-order valence-electron chi connectivity index (χ3n) is 7.02. The summed E-state index contributed by atoms with van der Waals surface area (Å²) in [5.41, 5.74) is 4.36. The van der Waals surface area contributed by atoms with Gasteiger partial charge in [-0.3, -0.25) is 9.59 Å². The van der Waals surface area contributed by atoms with Crippen LogP contribution in [0.15, 0.2) is 48.5 Å². The van der Waals surface area contributed by atoms with Gasteiger partial charge in [0.2, 0.25) is 5.91 Å². The first-order chi connectivity index (χ1) is 16.9. The number of aliphatic carboxylic acids is 1. The lowest BCUT2D eigenvalue weighted by molar-refractivity contribution is -0.144. The van der Waals surface area contributed by atoms with Crippen molar-refractivity contribution in [3.05, 3.63) is 59.7 Å². The van der Waals surface area contributed by atoms with Crippen LogP contribution < -0.4 is 5.32 Å². The molecule has 3 atom stereocenters. The second kappa shape index (κ2) is 10.9. The molecule has 0 bridgehead atoms. The maximum absolute atomic E-state index is 13.1. The third kappa shape index (κ3) is 5.48. The number of amides is 2. The largest absolute Gasteiger partial charge is 0.481 e. The molecule has 186 valence electrons. The molecule has 1 aliphatic carbocycles. The molecular weight excluding hydrogens is 448 g/mol. The molecule has 2 aliphatic rings. The molecular formula is C27H32N2O6. The van der Waals surface area contributed by atoms with Crippen molar-refractivity contribution < 1.29 is 29.0 Å². The Labute approximate surface area is 205 Å². The lowest BCUT2D eigenvalue weighted by Gasteiger charge is -2.35. The molecule has 0 radical (unpaired) electrons. The van der Waals surface area contributed by atoms with Gasteiger partial charge in [-0.2, -0.15) is 0 Å². The number of fused-ring (bicyclic) bond motifs is 3. The zero-order chi connectivity index (χ0) is 24.9. The van der Waals surface area contributed by atoms with Gasteiger partial charge in [0.15, 0.2) is 0 Å². The Hall–Kier alpha value is -3.39. The van der Waals surface area contributed by atoms with Crippen LogP contribution in [0, 0.1) is 0 Å². The molecule has 2 aromatic rings. The van der Waals surface area contributed by atoms with Gasteiger partial charge in [0.05, 0.1) is 18.6 Å². The molecule has 1 heterocycles. The lowest BCUT2D eigenvalue weighted by atomic mass is 9.98. The molecule has 0 aromatic heterocycles. The monoisotopic (exact) mass is 480 g/mol. The maximum atomic E-state index is 13.1. The van der Waals surface area contributed by atoms with E-state index in [4.69, 9.17) is 9.47 Å². The highest BCUT2D eigenvalue weighted by Gasteiger charge is 2.34. The normalized spacial score (nSPS) is 18.6. The van der Waals surface area contributed by atoms with Crippen LogP contribution in [0.25, 0.3) is 11.1 Å². The van der Waals surface area contributed by atoms with Gasteiger partial charge in [-0.25, -0.2) is 4.79 Å². The van der Waals surface area contributed by atoms with E-state index in [0.29, 0.717) is 6.61 Å². The average molecular weight is 481 g/mol. The highest BCUT2D eigenvalue weighted by Crippen LogP contribution is 2.44. The van der Waals surface area contributed by atoms with Crippen LogP contribution in [-0.4, -0.2) is 66.4 Å². The van der Waals surface area contributed by atoms with Crippen molar-refractivity contribution in [2.45, 2.75) is 56.7 Å². The second-order valence-corrected chi connectivity index (χ2v) is 9.22. The van der Waals surface area contributed by atoms with Crippen molar-refractivity contribution in [1.29, 1.82) is 0 Å². The van der Waals surface area contributed by atoms with Crippen molar-refractivity contribution in [2.75, 3.05) is 20.3 Å². The van der Waals surface area contributed by atoms with E-state index in [2.05, 4.69) is 5.32 Å². The number of likely N-dealkylation sites (N-methyl/N-ethyl adjacent to an activating group) is 1. The molecule has 0 saturated carbocycles. The van der Waals surface area contributed by atoms with Crippen molar-refractivity contribution in [3.8, 4) is 11.1 Å². The number of nitrogens with one attached hydrogen (secondary N) is 1. The summed E-state index contributed by atoms with van der Waals surface area (Å²) in [4.78, 5) is 38.7. The fourth-order valence-corrected chi connectivity index (χ4v) is 5.00. The fourth-order valence-electron chi connectivity index (χ4n) is 5.00. The zero-order valence-electron chi connectivity index (χ0n) is 20.1. The fraction of sp³-hybridized carbons (Fsp3) is 0.444. The number of carbonyl (C=O) groups excluding carboxylic acids is 2. The molecule has 8 heteroatoms. The number of hydrogen-bond donors (Lipinski definition) is 2. The quantitative estimate of drug-likeness (QED) is 0.596. The summed E-state index contributed by atoms with van der Waals surface area (Å²) in [7, 11) is 1.61. The number of alkyl carbamates (subject to hydrolysis) is 1. The summed E-state index contributed by atoms with van der Waals surface area (Å²) >= 11 is 0. The minimum atomic E-state index is -1.24. The first-order valence-corrected chi connectivity index (χ1v) is 12.1. The van der Waals surface area contributed by atoms with Crippen LogP contribution in [-0.2, 0) is 19.1 Å². The van der Waals surface area contributed by atoms with Gasteiger partial charge < -0.3 is 24.8 Å². The summed E-state index contributed by atoms with van der Waals surface area (Å²) < 4.78 is 11.3. The maximum Gasteiger partial charge on any atom is 0.407 e. The van der Waals surface area contributed by atoms with E-state index in [-0.39, 0.29) is 24.7 Å². The van der Waals surface area contributed by atoms with Gasteiger partial charge >= 0.3 is 12.1 Å². The summed E-state index contributed by atoms with van der Waals surface area (Å²) in [6.45, 7) is 2.60. The van der Waals surface area contributed by atoms with E-state index in [0.717, 1.165) is 41.5 Å². The number of carboxylic acid groups (broad SMARTS) is 1. The topological polar surface area (TPSA) is 105 Å². The minimum absolute atomic E-state index is 0.0794. The smallest absolute Gasteiger partial charge is 0.407 e. The van der Waals surface area contributed by atoms with Gasteiger partial charge in [0, 0.05) is 19.6 Å². The van der Waals surface area contributed by atoms with Gasteiger partial charge in [-0.15, -0.1) is 0 Å². The number of nitrogens with zero attached hydrogens (tertiary/aromatic N) is 1. The Morgan fingerprint density at radius 1 is 1.09 bits per heavy atom. The Morgan fingerprint density at radius 2 is 1.71 bits per heavy atom. The molecule has 1 saturated heterocycles. The van der Waals surface area contributed by atoms with Crippen LogP contribution in [0.2, 0.25) is 0 Å². The first-order valence-electron chi connectivity index (χ1n) is 12.1. The van der Waals surface area contributed by atoms with Gasteiger partial charge in [0.1, 0.15) is 12.6 Å². The lowest BCUT2D eigenvalue weighted by Crippen LogP contribution is -2.53. The zero-order valence-corrected chi connectivity index (χ0v) is 20.1. The molecule has 2 amide bonds. The molecule has 8 nitrogen and oxygen atoms in total. The number of carbonyl (C=O) groups is 3. The molecule has 2 aromatic carbocycles. The van der Waals surface area contributed by atoms with Crippen molar-refractivity contribution in [3.63, 3.8) is 0 Å². The predicted molar refractivity (Wildman–Crippen MR) is 130 cm³/mol. The molecule has 4 rings (SSSR count). The Bertz CT molecular complexity index is 1040. The summed E-state index contributed by atoms with van der Waals surface area (Å²) in [6, 6.07) is 14.5. The first kappa shape index (κ1) is 24.7. The Balaban J connectivity index is 1.41. The number of benzene rings is 2. The summed E-state index contributed by atoms with van der Waals surface area (Å²) in [6.07, 6.45) is 1.38. The summed E-state index contributed by atoms with van der Waals surface area (Å²) in [5.74, 6) is -1.80. The standard InChI is InChI=1S/C27H32N2O6/c1-17(24-13-7-8-14-34-24)29(2)26(32)23(15-25(30)31)28-27(33)35-16-22-20-11-5-3-9-18(20)19-10-4-6-12-21(19)22/h3-6,9-12,17,22-24H,7-8,13-16H2,1-2H3,(H,28,33)(H,30,31). The van der Waals surface area contributed by atoms with E-state index in [1.807, 2.05) is 55.5 Å². The van der Waals surface area contributed by atoms with Crippen LogP contribution in [0.5, 0.6) is 0 Å². The third-order valence-corrected chi connectivity index (χ3v) is 7.02. The van der Waals surface area contributed by atoms with Crippen LogP contribution in [0.1, 0.15) is 49.7 Å². The molecule has 1 aliphatic heterocycles. The van der Waals surface area contributed by atoms with Crippen molar-refractivity contribution in [2.24, 2.45) is 0 Å². The van der Waals surface area contributed by atoms with E-state index in [1.54, 1.807) is 7.05 Å². The van der Waals surface area contributed by atoms with Crippen LogP contribution in [0.4, 0.5) is 4.79 Å². The predicted octanol–water partition coefficient (Wildman–Crippen LogP) is 3.78. The number of carboxylic acids is 1. The molecule has 2 N–H and O–H groups in total. The van der Waals surface area contributed by atoms with Crippen molar-refractivity contribution in [1.82, 2.24) is 10.2 Å². The van der Waals surface area contributed by atoms with E-state index in [9.17, 15) is 19.5 Å². The molecule has 3 unspecified atom stereocenters. The molecule has 35 heavy (non-hydrogen) atoms. The highest BCUT2D eigenvalue weighted by atomic mass is 16.5. The number of ether oxygens (including phenoxy) is 2. The van der Waals surface area contributed by atoms with Crippen molar-refractivity contribution >= 4 is 18.0 Å². The van der Waals surface area contributed by atoms with Gasteiger partial charge in [-0.05, 0) is 48.4 Å². The SMILES string of the molecule is CC(C1CCCCO1)N(C)C(=O)C(CC(=O)O)NC(=O)OCC1c2ccccc2-c2ccccc21. The van der Waals surface area contributed by atoms with Crippen LogP contribution in [0.3, 0.4) is 0 Å². The van der Waals surface area contributed by atoms with Gasteiger partial charge in [0.25, 0.3) is 0 Å². The van der Waals surface area contributed by atoms with E-state index in [1.165, 1.54) is 4.90 Å².